The first kappa shape index (κ1) is 11.0. The summed E-state index contributed by atoms with van der Waals surface area (Å²) in [5.41, 5.74) is 10.1. The third kappa shape index (κ3) is 3.42. The Hall–Kier alpha value is -0.980. The van der Waals surface area contributed by atoms with E-state index in [0.717, 1.165) is 17.7 Å². The molecular weight excluding hydrogens is 146 g/mol. The van der Waals surface area contributed by atoms with Gasteiger partial charge in [0.1, 0.15) is 0 Å². The minimum Gasteiger partial charge on any atom is -0.399 e. The summed E-state index contributed by atoms with van der Waals surface area (Å²) in [5.74, 6) is 0. The lowest BCUT2D eigenvalue weighted by Gasteiger charge is -2.04. The molecule has 0 fully saturated rings. The SMILES string of the molecule is C=C(C)/C(N)=C/C(CC)=C(C)C. The van der Waals surface area contributed by atoms with Gasteiger partial charge >= 0.3 is 0 Å². The predicted molar refractivity (Wildman–Crippen MR) is 55.7 cm³/mol. The van der Waals surface area contributed by atoms with Crippen LogP contribution in [0.2, 0.25) is 0 Å². The van der Waals surface area contributed by atoms with Crippen molar-refractivity contribution in [3.63, 3.8) is 0 Å². The van der Waals surface area contributed by atoms with Crippen LogP contribution in [0.1, 0.15) is 34.1 Å². The smallest absolute Gasteiger partial charge is 0.0340 e. The minimum atomic E-state index is 0.785. The average Bonchev–Trinajstić information content (AvgIpc) is 1.98. The van der Waals surface area contributed by atoms with Crippen molar-refractivity contribution >= 4 is 0 Å². The molecule has 0 aromatic heterocycles. The van der Waals surface area contributed by atoms with E-state index in [1.165, 1.54) is 11.1 Å². The molecule has 12 heavy (non-hydrogen) atoms. The fourth-order valence-corrected chi connectivity index (χ4v) is 0.911. The Morgan fingerprint density at radius 1 is 1.33 bits per heavy atom. The van der Waals surface area contributed by atoms with Gasteiger partial charge in [-0.3, -0.25) is 0 Å². The predicted octanol–water partition coefficient (Wildman–Crippen LogP) is 3.15. The molecule has 0 bridgehead atoms. The van der Waals surface area contributed by atoms with Crippen molar-refractivity contribution in [3.8, 4) is 0 Å². The Balaban J connectivity index is 4.72. The quantitative estimate of drug-likeness (QED) is 0.639. The maximum absolute atomic E-state index is 5.76. The zero-order valence-electron chi connectivity index (χ0n) is 8.57. The fraction of sp³-hybridized carbons (Fsp3) is 0.455. The topological polar surface area (TPSA) is 26.0 Å². The molecule has 0 saturated carbocycles. The van der Waals surface area contributed by atoms with Crippen LogP contribution in [0, 0.1) is 0 Å². The lowest BCUT2D eigenvalue weighted by molar-refractivity contribution is 1.09. The van der Waals surface area contributed by atoms with Crippen LogP contribution in [0.15, 0.2) is 35.1 Å². The van der Waals surface area contributed by atoms with E-state index in [1.807, 2.05) is 13.0 Å². The van der Waals surface area contributed by atoms with Crippen molar-refractivity contribution in [1.29, 1.82) is 0 Å². The molecule has 0 rings (SSSR count). The molecule has 0 saturated heterocycles. The van der Waals surface area contributed by atoms with E-state index in [0.29, 0.717) is 0 Å². The first-order chi connectivity index (χ1) is 5.49. The zero-order valence-corrected chi connectivity index (χ0v) is 8.57. The summed E-state index contributed by atoms with van der Waals surface area (Å²) in [6.45, 7) is 12.0. The highest BCUT2D eigenvalue weighted by Crippen LogP contribution is 2.12. The summed E-state index contributed by atoms with van der Waals surface area (Å²) >= 11 is 0. The molecule has 0 aliphatic rings. The van der Waals surface area contributed by atoms with E-state index in [4.69, 9.17) is 5.73 Å². The molecule has 0 aliphatic heterocycles. The normalized spacial score (nSPS) is 11.2. The molecule has 68 valence electrons. The van der Waals surface area contributed by atoms with Crippen LogP contribution >= 0.6 is 0 Å². The van der Waals surface area contributed by atoms with Gasteiger partial charge in [-0.15, -0.1) is 0 Å². The maximum atomic E-state index is 5.76. The fourth-order valence-electron chi connectivity index (χ4n) is 0.911. The number of rotatable bonds is 3. The second-order valence-electron chi connectivity index (χ2n) is 3.26. The van der Waals surface area contributed by atoms with E-state index in [9.17, 15) is 0 Å². The van der Waals surface area contributed by atoms with Gasteiger partial charge in [0, 0.05) is 5.70 Å². The van der Waals surface area contributed by atoms with E-state index >= 15 is 0 Å². The van der Waals surface area contributed by atoms with Crippen LogP contribution < -0.4 is 5.73 Å². The summed E-state index contributed by atoms with van der Waals surface area (Å²) in [5, 5.41) is 0. The van der Waals surface area contributed by atoms with E-state index in [-0.39, 0.29) is 0 Å². The molecule has 1 heteroatoms. The average molecular weight is 165 g/mol. The number of hydrogen-bond donors (Lipinski definition) is 1. The first-order valence-corrected chi connectivity index (χ1v) is 4.28. The van der Waals surface area contributed by atoms with E-state index in [1.54, 1.807) is 0 Å². The molecule has 0 aromatic carbocycles. The summed E-state index contributed by atoms with van der Waals surface area (Å²) in [7, 11) is 0. The molecule has 1 nitrogen and oxygen atoms in total. The Morgan fingerprint density at radius 2 is 1.83 bits per heavy atom. The largest absolute Gasteiger partial charge is 0.399 e. The molecule has 0 amide bonds. The molecule has 0 unspecified atom stereocenters. The van der Waals surface area contributed by atoms with Crippen molar-refractivity contribution < 1.29 is 0 Å². The van der Waals surface area contributed by atoms with Gasteiger partial charge < -0.3 is 5.73 Å². The number of hydrogen-bond acceptors (Lipinski definition) is 1. The van der Waals surface area contributed by atoms with Crippen LogP contribution in [0.5, 0.6) is 0 Å². The van der Waals surface area contributed by atoms with Gasteiger partial charge in [-0.1, -0.05) is 19.1 Å². The highest BCUT2D eigenvalue weighted by atomic mass is 14.6. The molecule has 2 N–H and O–H groups in total. The van der Waals surface area contributed by atoms with Crippen molar-refractivity contribution in [1.82, 2.24) is 0 Å². The Kier molecular flexibility index (Phi) is 4.42. The zero-order chi connectivity index (χ0) is 9.72. The summed E-state index contributed by atoms with van der Waals surface area (Å²) in [6.07, 6.45) is 3.04. The van der Waals surface area contributed by atoms with Gasteiger partial charge in [0.15, 0.2) is 0 Å². The van der Waals surface area contributed by atoms with Crippen LogP contribution in [0.25, 0.3) is 0 Å². The van der Waals surface area contributed by atoms with Gasteiger partial charge in [-0.25, -0.2) is 0 Å². The van der Waals surface area contributed by atoms with Crippen LogP contribution in [-0.2, 0) is 0 Å². The van der Waals surface area contributed by atoms with Crippen LogP contribution in [0.4, 0.5) is 0 Å². The third-order valence-corrected chi connectivity index (χ3v) is 1.85. The molecule has 0 spiro atoms. The van der Waals surface area contributed by atoms with Crippen LogP contribution in [0.3, 0.4) is 0 Å². The number of nitrogens with two attached hydrogens (primary N) is 1. The van der Waals surface area contributed by atoms with Crippen molar-refractivity contribution in [2.24, 2.45) is 5.73 Å². The van der Waals surface area contributed by atoms with Gasteiger partial charge in [0.05, 0.1) is 0 Å². The molecule has 0 aromatic rings. The minimum absolute atomic E-state index is 0.785. The molecule has 0 heterocycles. The van der Waals surface area contributed by atoms with Gasteiger partial charge in [-0.2, -0.15) is 0 Å². The third-order valence-electron chi connectivity index (χ3n) is 1.85. The molecular formula is C11H19N. The summed E-state index contributed by atoms with van der Waals surface area (Å²) in [6, 6.07) is 0. The van der Waals surface area contributed by atoms with Crippen LogP contribution in [-0.4, -0.2) is 0 Å². The molecule has 0 aliphatic carbocycles. The number of allylic oxidation sites excluding steroid dienone is 4. The lowest BCUT2D eigenvalue weighted by Crippen LogP contribution is -1.98. The first-order valence-electron chi connectivity index (χ1n) is 4.28. The Labute approximate surface area is 75.7 Å². The monoisotopic (exact) mass is 165 g/mol. The maximum Gasteiger partial charge on any atom is 0.0340 e. The lowest BCUT2D eigenvalue weighted by atomic mass is 10.1. The van der Waals surface area contributed by atoms with Crippen molar-refractivity contribution in [3.05, 3.63) is 35.1 Å². The second kappa shape index (κ2) is 4.81. The second-order valence-corrected chi connectivity index (χ2v) is 3.26. The summed E-state index contributed by atoms with van der Waals surface area (Å²) < 4.78 is 0. The van der Waals surface area contributed by atoms with Gasteiger partial charge in [-0.05, 0) is 44.4 Å². The molecule has 0 atom stereocenters. The van der Waals surface area contributed by atoms with E-state index < -0.39 is 0 Å². The Bertz CT molecular complexity index is 227. The molecule has 0 radical (unpaired) electrons. The highest BCUT2D eigenvalue weighted by molar-refractivity contribution is 5.33. The highest BCUT2D eigenvalue weighted by Gasteiger charge is 1.95. The van der Waals surface area contributed by atoms with Gasteiger partial charge in [0.25, 0.3) is 0 Å². The van der Waals surface area contributed by atoms with Gasteiger partial charge in [0.2, 0.25) is 0 Å². The van der Waals surface area contributed by atoms with Crippen molar-refractivity contribution in [2.45, 2.75) is 34.1 Å². The Morgan fingerprint density at radius 3 is 2.08 bits per heavy atom. The summed E-state index contributed by atoms with van der Waals surface area (Å²) in [4.78, 5) is 0. The van der Waals surface area contributed by atoms with Crippen molar-refractivity contribution in [2.75, 3.05) is 0 Å². The standard InChI is InChI=1S/C11H19N/c1-6-10(8(2)3)7-11(12)9(4)5/h7H,4,6,12H2,1-3,5H3/b11-7-. The van der Waals surface area contributed by atoms with E-state index in [2.05, 4.69) is 27.4 Å².